The fourth-order valence-electron chi connectivity index (χ4n) is 10.5. The van der Waals surface area contributed by atoms with E-state index in [9.17, 15) is 0 Å². The maximum absolute atomic E-state index is 6.62. The largest absolute Gasteiger partial charge is 0.456 e. The first-order valence-electron chi connectivity index (χ1n) is 21.4. The van der Waals surface area contributed by atoms with Gasteiger partial charge in [-0.2, -0.15) is 0 Å². The quantitative estimate of drug-likeness (QED) is 0.163. The molecule has 0 atom stereocenters. The molecule has 0 unspecified atom stereocenters. The first kappa shape index (κ1) is 34.9. The van der Waals surface area contributed by atoms with Crippen molar-refractivity contribution >= 4 is 82.5 Å². The Morgan fingerprint density at radius 1 is 0.355 bits per heavy atom. The van der Waals surface area contributed by atoms with Gasteiger partial charge >= 0.3 is 0 Å². The first-order chi connectivity index (χ1) is 30.5. The Hall–Kier alpha value is -7.88. The molecule has 10 aromatic carbocycles. The van der Waals surface area contributed by atoms with Crippen molar-refractivity contribution in [3.8, 4) is 33.4 Å². The normalized spacial score (nSPS) is 13.1. The maximum atomic E-state index is 6.62. The van der Waals surface area contributed by atoms with E-state index in [1.54, 1.807) is 0 Å². The van der Waals surface area contributed by atoms with E-state index in [1.807, 2.05) is 12.1 Å². The summed E-state index contributed by atoms with van der Waals surface area (Å²) in [6.45, 7) is 4.71. The van der Waals surface area contributed by atoms with E-state index in [-0.39, 0.29) is 5.41 Å². The van der Waals surface area contributed by atoms with Crippen LogP contribution in [0.3, 0.4) is 0 Å². The van der Waals surface area contributed by atoms with Crippen molar-refractivity contribution in [2.24, 2.45) is 0 Å². The summed E-state index contributed by atoms with van der Waals surface area (Å²) in [5, 5.41) is 9.31. The predicted molar refractivity (Wildman–Crippen MR) is 259 cm³/mol. The molecule has 292 valence electrons. The monoisotopic (exact) mass is 793 g/mol. The molecular weight excluding hydrogens is 755 g/mol. The van der Waals surface area contributed by atoms with Gasteiger partial charge in [0.05, 0.1) is 5.69 Å². The molecular formula is C59H39NO2. The molecule has 0 radical (unpaired) electrons. The molecule has 62 heavy (non-hydrogen) atoms. The van der Waals surface area contributed by atoms with E-state index in [0.29, 0.717) is 0 Å². The molecule has 2 heterocycles. The number of anilines is 3. The smallest absolute Gasteiger partial charge is 0.136 e. The lowest BCUT2D eigenvalue weighted by atomic mass is 9.82. The molecule has 0 bridgehead atoms. The molecule has 0 saturated heterocycles. The van der Waals surface area contributed by atoms with Crippen molar-refractivity contribution in [3.63, 3.8) is 0 Å². The van der Waals surface area contributed by atoms with Gasteiger partial charge in [0.2, 0.25) is 0 Å². The van der Waals surface area contributed by atoms with Gasteiger partial charge in [-0.15, -0.1) is 0 Å². The highest BCUT2D eigenvalue weighted by atomic mass is 16.3. The lowest BCUT2D eigenvalue weighted by Gasteiger charge is -2.31. The van der Waals surface area contributed by atoms with Crippen molar-refractivity contribution in [2.75, 3.05) is 4.90 Å². The second-order valence-corrected chi connectivity index (χ2v) is 17.2. The lowest BCUT2D eigenvalue weighted by molar-refractivity contribution is 0.660. The fraction of sp³-hybridized carbons (Fsp3) is 0.0508. The van der Waals surface area contributed by atoms with E-state index in [1.165, 1.54) is 49.4 Å². The molecule has 0 fully saturated rings. The van der Waals surface area contributed by atoms with Crippen LogP contribution in [-0.2, 0) is 5.41 Å². The molecule has 3 heteroatoms. The Bertz CT molecular complexity index is 3810. The molecule has 0 spiro atoms. The highest BCUT2D eigenvalue weighted by molar-refractivity contribution is 6.16. The van der Waals surface area contributed by atoms with Gasteiger partial charge in [-0.3, -0.25) is 0 Å². The molecule has 13 rings (SSSR count). The summed E-state index contributed by atoms with van der Waals surface area (Å²) in [4.78, 5) is 2.46. The van der Waals surface area contributed by atoms with Crippen molar-refractivity contribution in [3.05, 3.63) is 211 Å². The number of nitrogens with zero attached hydrogens (tertiary/aromatic N) is 1. The summed E-state index contributed by atoms with van der Waals surface area (Å²) in [5.74, 6) is 0. The predicted octanol–water partition coefficient (Wildman–Crippen LogP) is 16.9. The molecule has 2 aromatic heterocycles. The Morgan fingerprint density at radius 2 is 0.952 bits per heavy atom. The van der Waals surface area contributed by atoms with Crippen LogP contribution in [0.4, 0.5) is 17.1 Å². The number of hydrogen-bond acceptors (Lipinski definition) is 3. The lowest BCUT2D eigenvalue weighted by Crippen LogP contribution is -2.17. The molecule has 1 aliphatic carbocycles. The second kappa shape index (κ2) is 13.1. The third-order valence-electron chi connectivity index (χ3n) is 13.5. The molecule has 0 saturated carbocycles. The van der Waals surface area contributed by atoms with Crippen LogP contribution in [0, 0.1) is 0 Å². The standard InChI is InChI=1S/C59H39NO2/c1-59(2)51-22-10-7-18-43(51)44-30-27-39(35-52(44)59)60(38-28-31-56-50(34-38)46-20-9-12-25-55(46)61-56)53-23-13-21-48(49-32-36-14-3-4-15-40(36)41-16-5-6-17-42(41)49)58(53)37-26-29-47-45-19-8-11-24-54(45)62-57(47)33-37/h3-35H,1-2H3. The molecule has 3 nitrogen and oxygen atoms in total. The minimum absolute atomic E-state index is 0.181. The zero-order valence-electron chi connectivity index (χ0n) is 34.3. The van der Waals surface area contributed by atoms with Crippen molar-refractivity contribution in [2.45, 2.75) is 19.3 Å². The van der Waals surface area contributed by atoms with Crippen LogP contribution in [0.15, 0.2) is 209 Å². The number of benzene rings is 10. The van der Waals surface area contributed by atoms with Crippen molar-refractivity contribution < 1.29 is 8.83 Å². The van der Waals surface area contributed by atoms with Crippen molar-refractivity contribution in [1.82, 2.24) is 0 Å². The molecule has 0 amide bonds. The van der Waals surface area contributed by atoms with Gasteiger partial charge in [-0.05, 0) is 127 Å². The van der Waals surface area contributed by atoms with Crippen LogP contribution in [0.2, 0.25) is 0 Å². The van der Waals surface area contributed by atoms with Crippen LogP contribution >= 0.6 is 0 Å². The third-order valence-corrected chi connectivity index (χ3v) is 13.5. The van der Waals surface area contributed by atoms with E-state index in [0.717, 1.165) is 77.6 Å². The van der Waals surface area contributed by atoms with Gasteiger partial charge in [0.1, 0.15) is 22.3 Å². The van der Waals surface area contributed by atoms with E-state index >= 15 is 0 Å². The number of furan rings is 2. The third kappa shape index (κ3) is 5.06. The number of fused-ring (bicyclic) bond motifs is 12. The number of hydrogen-bond donors (Lipinski definition) is 0. The van der Waals surface area contributed by atoms with Crippen LogP contribution in [0.5, 0.6) is 0 Å². The van der Waals surface area contributed by atoms with E-state index in [4.69, 9.17) is 8.83 Å². The summed E-state index contributed by atoms with van der Waals surface area (Å²) in [6, 6.07) is 72.8. The van der Waals surface area contributed by atoms with E-state index in [2.05, 4.69) is 207 Å². The summed E-state index contributed by atoms with van der Waals surface area (Å²) >= 11 is 0. The zero-order chi connectivity index (χ0) is 41.1. The fourth-order valence-corrected chi connectivity index (χ4v) is 10.5. The van der Waals surface area contributed by atoms with Gasteiger partial charge in [-0.25, -0.2) is 0 Å². The summed E-state index contributed by atoms with van der Waals surface area (Å²) in [6.07, 6.45) is 0. The Balaban J connectivity index is 1.14. The minimum atomic E-state index is -0.181. The molecule has 1 aliphatic rings. The highest BCUT2D eigenvalue weighted by Crippen LogP contribution is 2.53. The highest BCUT2D eigenvalue weighted by Gasteiger charge is 2.36. The van der Waals surface area contributed by atoms with Crippen LogP contribution in [0.1, 0.15) is 25.0 Å². The van der Waals surface area contributed by atoms with Gasteiger partial charge in [0, 0.05) is 43.9 Å². The first-order valence-corrected chi connectivity index (χ1v) is 21.4. The van der Waals surface area contributed by atoms with Gasteiger partial charge in [0.25, 0.3) is 0 Å². The summed E-state index contributed by atoms with van der Waals surface area (Å²) in [7, 11) is 0. The van der Waals surface area contributed by atoms with Gasteiger partial charge in [-0.1, -0.05) is 147 Å². The SMILES string of the molecule is CC1(C)c2ccccc2-c2ccc(N(c3ccc4oc5ccccc5c4c3)c3cccc(-c4cc5ccccc5c5ccccc45)c3-c3ccc4c(c3)oc3ccccc34)cc21. The molecule has 0 N–H and O–H groups in total. The Kier molecular flexibility index (Phi) is 7.36. The van der Waals surface area contributed by atoms with Crippen LogP contribution < -0.4 is 4.90 Å². The average Bonchev–Trinajstić information content (AvgIpc) is 3.95. The number of para-hydroxylation sites is 2. The maximum Gasteiger partial charge on any atom is 0.136 e. The molecule has 12 aromatic rings. The van der Waals surface area contributed by atoms with Crippen LogP contribution in [-0.4, -0.2) is 0 Å². The average molecular weight is 794 g/mol. The van der Waals surface area contributed by atoms with Gasteiger partial charge in [0.15, 0.2) is 0 Å². The second-order valence-electron chi connectivity index (χ2n) is 17.2. The Labute approximate surface area is 358 Å². The van der Waals surface area contributed by atoms with Crippen molar-refractivity contribution in [1.29, 1.82) is 0 Å². The van der Waals surface area contributed by atoms with Gasteiger partial charge < -0.3 is 13.7 Å². The Morgan fingerprint density at radius 3 is 1.79 bits per heavy atom. The summed E-state index contributed by atoms with van der Waals surface area (Å²) < 4.78 is 13.0. The summed E-state index contributed by atoms with van der Waals surface area (Å²) in [5.41, 5.74) is 16.3. The molecule has 0 aliphatic heterocycles. The topological polar surface area (TPSA) is 29.5 Å². The minimum Gasteiger partial charge on any atom is -0.456 e. The van der Waals surface area contributed by atoms with E-state index < -0.39 is 0 Å². The van der Waals surface area contributed by atoms with Crippen LogP contribution in [0.25, 0.3) is 98.8 Å². The zero-order valence-corrected chi connectivity index (χ0v) is 34.3. The number of rotatable bonds is 5.